The first-order valence-corrected chi connectivity index (χ1v) is 5.97. The quantitative estimate of drug-likeness (QED) is 0.428. The highest BCUT2D eigenvalue weighted by Crippen LogP contribution is 2.41. The zero-order valence-electron chi connectivity index (χ0n) is 12.2. The lowest BCUT2D eigenvalue weighted by atomic mass is 10.0. The van der Waals surface area contributed by atoms with Crippen molar-refractivity contribution in [2.75, 3.05) is 0 Å². The minimum Gasteiger partial charge on any atom is -0.828 e. The molecule has 0 rings (SSSR count). The predicted octanol–water partition coefficient (Wildman–Crippen LogP) is 1.65. The Bertz CT molecular complexity index is 467. The Kier molecular flexibility index (Phi) is 6.24. The molecular formula is C12H13F6O5-. The summed E-state index contributed by atoms with van der Waals surface area (Å²) in [6.07, 6.45) is -16.1. The van der Waals surface area contributed by atoms with Gasteiger partial charge in [0.15, 0.2) is 5.60 Å². The molecule has 134 valence electrons. The Morgan fingerprint density at radius 1 is 0.957 bits per heavy atom. The van der Waals surface area contributed by atoms with E-state index in [4.69, 9.17) is 0 Å². The highest BCUT2D eigenvalue weighted by atomic mass is 19.4. The molecule has 0 aliphatic heterocycles. The maximum atomic E-state index is 12.4. The number of alkyl halides is 6. The first kappa shape index (κ1) is 21.2. The highest BCUT2D eigenvalue weighted by molar-refractivity contribution is 5.87. The summed E-state index contributed by atoms with van der Waals surface area (Å²) < 4.78 is 82.8. The minimum atomic E-state index is -6.46. The summed E-state index contributed by atoms with van der Waals surface area (Å²) >= 11 is 0. The van der Waals surface area contributed by atoms with Crippen molar-refractivity contribution < 1.29 is 50.5 Å². The van der Waals surface area contributed by atoms with Crippen molar-refractivity contribution in [2.24, 2.45) is 0 Å². The van der Waals surface area contributed by atoms with Crippen LogP contribution in [-0.2, 0) is 19.1 Å². The van der Waals surface area contributed by atoms with Crippen LogP contribution in [0.5, 0.6) is 0 Å². The Morgan fingerprint density at radius 3 is 1.61 bits per heavy atom. The van der Waals surface area contributed by atoms with Gasteiger partial charge in [0, 0.05) is 5.57 Å². The summed E-state index contributed by atoms with van der Waals surface area (Å²) in [7, 11) is 0. The lowest BCUT2D eigenvalue weighted by molar-refractivity contribution is -0.574. The molecule has 0 bridgehead atoms. The van der Waals surface area contributed by atoms with Crippen molar-refractivity contribution in [3.05, 3.63) is 12.2 Å². The molecule has 0 saturated heterocycles. The third kappa shape index (κ3) is 4.60. The number of halogens is 6. The van der Waals surface area contributed by atoms with E-state index < -0.39 is 42.1 Å². The smallest absolute Gasteiger partial charge is 0.399 e. The lowest BCUT2D eigenvalue weighted by Gasteiger charge is -2.41. The normalized spacial score (nSPS) is 15.6. The molecule has 0 aromatic rings. The van der Waals surface area contributed by atoms with Crippen LogP contribution in [0, 0.1) is 0 Å². The second kappa shape index (κ2) is 6.77. The van der Waals surface area contributed by atoms with E-state index in [2.05, 4.69) is 16.1 Å². The van der Waals surface area contributed by atoms with Gasteiger partial charge in [0.05, 0.1) is 0 Å². The second-order valence-corrected chi connectivity index (χ2v) is 4.68. The fraction of sp³-hybridized carbons (Fsp3) is 0.667. The Hall–Kier alpha value is -1.78. The maximum Gasteiger partial charge on any atom is 0.399 e. The van der Waals surface area contributed by atoms with Crippen LogP contribution in [0.3, 0.4) is 0 Å². The molecule has 0 radical (unpaired) electrons. The number of ether oxygens (including phenoxy) is 2. The highest BCUT2D eigenvalue weighted by Gasteiger charge is 2.68. The van der Waals surface area contributed by atoms with Gasteiger partial charge in [-0.05, 0) is 20.8 Å². The molecule has 0 aromatic heterocycles. The van der Waals surface area contributed by atoms with Crippen LogP contribution < -0.4 is 5.11 Å². The molecule has 0 spiro atoms. The maximum absolute atomic E-state index is 12.4. The van der Waals surface area contributed by atoms with Gasteiger partial charge in [-0.2, -0.15) is 26.3 Å². The van der Waals surface area contributed by atoms with Gasteiger partial charge in [-0.15, -0.1) is 0 Å². The SMILES string of the molecule is C=C(C)C(=O)OC(C)C(C)OC(=O)C([O-])(C(F)(F)F)C(F)(F)F. The average Bonchev–Trinajstić information content (AvgIpc) is 2.34. The Morgan fingerprint density at radius 2 is 1.30 bits per heavy atom. The molecule has 0 heterocycles. The van der Waals surface area contributed by atoms with Crippen LogP contribution in [0.25, 0.3) is 0 Å². The van der Waals surface area contributed by atoms with Gasteiger partial charge in [0.2, 0.25) is 0 Å². The molecule has 0 saturated carbocycles. The van der Waals surface area contributed by atoms with Crippen LogP contribution in [-0.4, -0.2) is 42.1 Å². The second-order valence-electron chi connectivity index (χ2n) is 4.68. The molecule has 2 unspecified atom stereocenters. The van der Waals surface area contributed by atoms with Crippen LogP contribution in [0.2, 0.25) is 0 Å². The van der Waals surface area contributed by atoms with Gasteiger partial charge in [-0.3, -0.25) is 4.79 Å². The van der Waals surface area contributed by atoms with Crippen molar-refractivity contribution >= 4 is 11.9 Å². The molecule has 23 heavy (non-hydrogen) atoms. The number of carbonyl (C=O) groups excluding carboxylic acids is 2. The Balaban J connectivity index is 5.23. The van der Waals surface area contributed by atoms with Crippen LogP contribution in [0.4, 0.5) is 26.3 Å². The molecule has 2 atom stereocenters. The van der Waals surface area contributed by atoms with Crippen molar-refractivity contribution in [3.63, 3.8) is 0 Å². The van der Waals surface area contributed by atoms with E-state index in [1.807, 2.05) is 0 Å². The summed E-state index contributed by atoms with van der Waals surface area (Å²) in [6, 6.07) is 0. The van der Waals surface area contributed by atoms with E-state index in [1.54, 1.807) is 0 Å². The molecular weight excluding hydrogens is 338 g/mol. The molecule has 11 heteroatoms. The van der Waals surface area contributed by atoms with Gasteiger partial charge in [-0.1, -0.05) is 6.58 Å². The number of esters is 2. The van der Waals surface area contributed by atoms with Crippen LogP contribution in [0.1, 0.15) is 20.8 Å². The number of carbonyl (C=O) groups is 2. The third-order valence-corrected chi connectivity index (χ3v) is 2.68. The standard InChI is InChI=1S/C12H13F6O5/c1-5(2)8(19)22-6(3)7(4)23-9(20)10(21,11(13,14)15)12(16,17)18/h6-7H,1H2,2-4H3/q-1. The fourth-order valence-electron chi connectivity index (χ4n) is 1.11. The summed E-state index contributed by atoms with van der Waals surface area (Å²) in [6.45, 7) is 6.35. The molecule has 0 amide bonds. The number of rotatable bonds is 5. The first-order valence-electron chi connectivity index (χ1n) is 5.97. The van der Waals surface area contributed by atoms with Gasteiger partial charge in [0.25, 0.3) is 0 Å². The molecule has 0 fully saturated rings. The average molecular weight is 351 g/mol. The van der Waals surface area contributed by atoms with E-state index in [0.29, 0.717) is 0 Å². The van der Waals surface area contributed by atoms with Crippen molar-refractivity contribution in [2.45, 2.75) is 50.9 Å². The summed E-state index contributed by atoms with van der Waals surface area (Å²) in [4.78, 5) is 22.3. The van der Waals surface area contributed by atoms with Crippen molar-refractivity contribution in [1.29, 1.82) is 0 Å². The van der Waals surface area contributed by atoms with Gasteiger partial charge in [-0.25, -0.2) is 4.79 Å². The summed E-state index contributed by atoms with van der Waals surface area (Å²) in [5.41, 5.74) is -6.04. The van der Waals surface area contributed by atoms with E-state index in [9.17, 15) is 41.0 Å². The van der Waals surface area contributed by atoms with E-state index >= 15 is 0 Å². The van der Waals surface area contributed by atoms with Crippen molar-refractivity contribution in [1.82, 2.24) is 0 Å². The van der Waals surface area contributed by atoms with E-state index in [0.717, 1.165) is 13.8 Å². The molecule has 0 aliphatic carbocycles. The zero-order valence-corrected chi connectivity index (χ0v) is 12.2. The number of hydrogen-bond donors (Lipinski definition) is 0. The zero-order chi connectivity index (χ0) is 18.8. The van der Waals surface area contributed by atoms with Crippen molar-refractivity contribution in [3.8, 4) is 0 Å². The fourth-order valence-corrected chi connectivity index (χ4v) is 1.11. The molecule has 0 aliphatic rings. The summed E-state index contributed by atoms with van der Waals surface area (Å²) in [5, 5.41) is 11.1. The minimum absolute atomic E-state index is 0.0980. The summed E-state index contributed by atoms with van der Waals surface area (Å²) in [5.74, 6) is -4.08. The first-order chi connectivity index (χ1) is 10.1. The topological polar surface area (TPSA) is 75.7 Å². The van der Waals surface area contributed by atoms with Crippen LogP contribution in [0.15, 0.2) is 12.2 Å². The van der Waals surface area contributed by atoms with Gasteiger partial charge < -0.3 is 14.6 Å². The van der Waals surface area contributed by atoms with Crippen LogP contribution >= 0.6 is 0 Å². The van der Waals surface area contributed by atoms with E-state index in [-0.39, 0.29) is 5.57 Å². The van der Waals surface area contributed by atoms with E-state index in [1.165, 1.54) is 6.92 Å². The molecule has 0 N–H and O–H groups in total. The monoisotopic (exact) mass is 351 g/mol. The Labute approximate surface area is 126 Å². The predicted molar refractivity (Wildman–Crippen MR) is 60.8 cm³/mol. The lowest BCUT2D eigenvalue weighted by Crippen LogP contribution is -2.72. The van der Waals surface area contributed by atoms with Gasteiger partial charge in [0.1, 0.15) is 12.2 Å². The third-order valence-electron chi connectivity index (χ3n) is 2.68. The molecule has 0 aromatic carbocycles. The molecule has 5 nitrogen and oxygen atoms in total. The largest absolute Gasteiger partial charge is 0.828 e. The van der Waals surface area contributed by atoms with Gasteiger partial charge >= 0.3 is 24.3 Å². The number of hydrogen-bond acceptors (Lipinski definition) is 5.